The van der Waals surface area contributed by atoms with Gasteiger partial charge in [-0.1, -0.05) is 55.8 Å². The molecular formula is C35H44N2O4. The molecule has 0 saturated carbocycles. The number of unbranched alkanes of at least 4 members (excludes halogenated alkanes) is 1. The fourth-order valence-electron chi connectivity index (χ4n) is 5.66. The number of carboxylic acids is 1. The van der Waals surface area contributed by atoms with Crippen molar-refractivity contribution >= 4 is 11.9 Å². The second kappa shape index (κ2) is 14.9. The molecule has 1 amide bonds. The van der Waals surface area contributed by atoms with Crippen molar-refractivity contribution in [1.29, 1.82) is 0 Å². The molecule has 0 spiro atoms. The topological polar surface area (TPSA) is 87.7 Å². The zero-order valence-electron chi connectivity index (χ0n) is 24.7. The molecular weight excluding hydrogens is 512 g/mol. The number of carbonyl (C=O) groups excluding carboxylic acids is 1. The number of ether oxygens (including phenoxy) is 1. The standard InChI is InChI=1S/C35H44N2O4/c1-4-5-11-28-20-26-12-7-8-13-27(26)21-29(28)23-41-22-25-15-16-31(32(19-25)30-14-9-6-10-24(30)2)34(38)37-33(35(39)40)17-18-36-3/h6,9-10,14-16,19-21,33,36H,4-5,7-8,11-13,17-18,22-23H2,1-3H3,(H,37,38)(H,39,40). The van der Waals surface area contributed by atoms with Gasteiger partial charge in [-0.2, -0.15) is 0 Å². The van der Waals surface area contributed by atoms with E-state index < -0.39 is 17.9 Å². The Balaban J connectivity index is 1.56. The summed E-state index contributed by atoms with van der Waals surface area (Å²) in [6, 6.07) is 17.5. The van der Waals surface area contributed by atoms with E-state index in [1.54, 1.807) is 13.1 Å². The molecule has 0 heterocycles. The number of benzene rings is 3. The van der Waals surface area contributed by atoms with Gasteiger partial charge in [0.2, 0.25) is 0 Å². The Labute approximate surface area is 244 Å². The number of carbonyl (C=O) groups is 2. The Hall–Kier alpha value is -3.48. The average Bonchev–Trinajstić information content (AvgIpc) is 2.98. The van der Waals surface area contributed by atoms with Crippen molar-refractivity contribution in [2.24, 2.45) is 0 Å². The molecule has 3 aromatic rings. The number of fused-ring (bicyclic) bond motifs is 1. The number of carboxylic acid groups (broad SMARTS) is 1. The summed E-state index contributed by atoms with van der Waals surface area (Å²) in [7, 11) is 1.76. The molecule has 1 atom stereocenters. The fraction of sp³-hybridized carbons (Fsp3) is 0.429. The second-order valence-electron chi connectivity index (χ2n) is 11.1. The lowest BCUT2D eigenvalue weighted by Gasteiger charge is -2.20. The Kier molecular flexibility index (Phi) is 11.1. The van der Waals surface area contributed by atoms with E-state index in [-0.39, 0.29) is 0 Å². The molecule has 1 unspecified atom stereocenters. The van der Waals surface area contributed by atoms with Crippen molar-refractivity contribution in [2.45, 2.75) is 84.5 Å². The molecule has 0 aliphatic heterocycles. The van der Waals surface area contributed by atoms with Gasteiger partial charge in [-0.25, -0.2) is 4.79 Å². The molecule has 3 aromatic carbocycles. The first-order chi connectivity index (χ1) is 19.9. The van der Waals surface area contributed by atoms with E-state index in [0.29, 0.717) is 31.7 Å². The average molecular weight is 557 g/mol. The van der Waals surface area contributed by atoms with Crippen molar-refractivity contribution in [3.63, 3.8) is 0 Å². The summed E-state index contributed by atoms with van der Waals surface area (Å²) < 4.78 is 6.29. The van der Waals surface area contributed by atoms with Crippen molar-refractivity contribution in [1.82, 2.24) is 10.6 Å². The highest BCUT2D eigenvalue weighted by atomic mass is 16.5. The van der Waals surface area contributed by atoms with E-state index in [1.165, 1.54) is 54.4 Å². The van der Waals surface area contributed by atoms with Crippen molar-refractivity contribution in [3.8, 4) is 11.1 Å². The zero-order valence-corrected chi connectivity index (χ0v) is 24.7. The summed E-state index contributed by atoms with van der Waals surface area (Å²) in [6.45, 7) is 5.71. The lowest BCUT2D eigenvalue weighted by molar-refractivity contribution is -0.139. The number of amides is 1. The lowest BCUT2D eigenvalue weighted by atomic mass is 9.87. The highest BCUT2D eigenvalue weighted by Crippen LogP contribution is 2.30. The van der Waals surface area contributed by atoms with Gasteiger partial charge in [-0.05, 0) is 122 Å². The third-order valence-electron chi connectivity index (χ3n) is 8.04. The van der Waals surface area contributed by atoms with Gasteiger partial charge >= 0.3 is 5.97 Å². The molecule has 1 aliphatic rings. The van der Waals surface area contributed by atoms with E-state index in [4.69, 9.17) is 4.74 Å². The predicted octanol–water partition coefficient (Wildman–Crippen LogP) is 6.39. The number of aliphatic carboxylic acids is 1. The minimum Gasteiger partial charge on any atom is -0.480 e. The molecule has 4 rings (SSSR count). The lowest BCUT2D eigenvalue weighted by Crippen LogP contribution is -2.42. The Morgan fingerprint density at radius 2 is 1.68 bits per heavy atom. The van der Waals surface area contributed by atoms with E-state index in [9.17, 15) is 14.7 Å². The van der Waals surface area contributed by atoms with Crippen LogP contribution in [0.3, 0.4) is 0 Å². The van der Waals surface area contributed by atoms with Gasteiger partial charge in [0.05, 0.1) is 13.2 Å². The minimum atomic E-state index is -1.04. The number of aryl methyl sites for hydroxylation is 4. The van der Waals surface area contributed by atoms with Crippen LogP contribution in [0, 0.1) is 6.92 Å². The summed E-state index contributed by atoms with van der Waals surface area (Å²) in [6.07, 6.45) is 8.58. The van der Waals surface area contributed by atoms with Crippen LogP contribution in [0.15, 0.2) is 54.6 Å². The molecule has 3 N–H and O–H groups in total. The molecule has 218 valence electrons. The molecule has 1 aliphatic carbocycles. The van der Waals surface area contributed by atoms with Crippen LogP contribution in [0.2, 0.25) is 0 Å². The first-order valence-electron chi connectivity index (χ1n) is 15.0. The summed E-state index contributed by atoms with van der Waals surface area (Å²) in [5, 5.41) is 15.3. The van der Waals surface area contributed by atoms with Crippen LogP contribution in [0.25, 0.3) is 11.1 Å². The molecule has 0 saturated heterocycles. The molecule has 0 aromatic heterocycles. The largest absolute Gasteiger partial charge is 0.480 e. The maximum atomic E-state index is 13.4. The summed E-state index contributed by atoms with van der Waals surface area (Å²) in [4.78, 5) is 25.1. The SMILES string of the molecule is CCCCc1cc2c(cc1COCc1ccc(C(=O)NC(CCNC)C(=O)O)c(-c3ccccc3C)c1)CCCC2. The van der Waals surface area contributed by atoms with Gasteiger partial charge < -0.3 is 20.5 Å². The third-order valence-corrected chi connectivity index (χ3v) is 8.04. The smallest absolute Gasteiger partial charge is 0.326 e. The minimum absolute atomic E-state index is 0.298. The van der Waals surface area contributed by atoms with Crippen LogP contribution < -0.4 is 10.6 Å². The zero-order chi connectivity index (χ0) is 29.2. The Morgan fingerprint density at radius 3 is 2.37 bits per heavy atom. The van der Waals surface area contributed by atoms with Crippen LogP contribution in [0.1, 0.15) is 82.8 Å². The number of hydrogen-bond donors (Lipinski definition) is 3. The molecule has 6 nitrogen and oxygen atoms in total. The molecule has 0 bridgehead atoms. The maximum absolute atomic E-state index is 13.4. The number of nitrogens with one attached hydrogen (secondary N) is 2. The van der Waals surface area contributed by atoms with Gasteiger partial charge in [0, 0.05) is 5.56 Å². The monoisotopic (exact) mass is 556 g/mol. The fourth-order valence-corrected chi connectivity index (χ4v) is 5.66. The van der Waals surface area contributed by atoms with Gasteiger partial charge in [0.15, 0.2) is 0 Å². The molecule has 0 radical (unpaired) electrons. The van der Waals surface area contributed by atoms with E-state index in [2.05, 4.69) is 29.7 Å². The van der Waals surface area contributed by atoms with Crippen LogP contribution in [-0.4, -0.2) is 36.6 Å². The predicted molar refractivity (Wildman–Crippen MR) is 164 cm³/mol. The van der Waals surface area contributed by atoms with Crippen LogP contribution >= 0.6 is 0 Å². The summed E-state index contributed by atoms with van der Waals surface area (Å²) >= 11 is 0. The van der Waals surface area contributed by atoms with E-state index in [1.807, 2.05) is 43.3 Å². The highest BCUT2D eigenvalue weighted by molar-refractivity contribution is 6.02. The van der Waals surface area contributed by atoms with Gasteiger partial charge in [0.25, 0.3) is 5.91 Å². The van der Waals surface area contributed by atoms with Gasteiger partial charge in [0.1, 0.15) is 6.04 Å². The third kappa shape index (κ3) is 8.05. The van der Waals surface area contributed by atoms with Crippen LogP contribution in [0.5, 0.6) is 0 Å². The maximum Gasteiger partial charge on any atom is 0.326 e. The normalized spacial score (nSPS) is 13.4. The Morgan fingerprint density at radius 1 is 0.951 bits per heavy atom. The van der Waals surface area contributed by atoms with Gasteiger partial charge in [-0.15, -0.1) is 0 Å². The van der Waals surface area contributed by atoms with E-state index >= 15 is 0 Å². The van der Waals surface area contributed by atoms with Crippen molar-refractivity contribution < 1.29 is 19.4 Å². The van der Waals surface area contributed by atoms with Gasteiger partial charge in [-0.3, -0.25) is 4.79 Å². The summed E-state index contributed by atoms with van der Waals surface area (Å²) in [5.74, 6) is -1.44. The second-order valence-corrected chi connectivity index (χ2v) is 11.1. The highest BCUT2D eigenvalue weighted by Gasteiger charge is 2.23. The van der Waals surface area contributed by atoms with Crippen molar-refractivity contribution in [2.75, 3.05) is 13.6 Å². The number of hydrogen-bond acceptors (Lipinski definition) is 4. The Bertz CT molecular complexity index is 1350. The van der Waals surface area contributed by atoms with Crippen molar-refractivity contribution in [3.05, 3.63) is 93.5 Å². The quantitative estimate of drug-likeness (QED) is 0.214. The molecule has 6 heteroatoms. The summed E-state index contributed by atoms with van der Waals surface area (Å²) in [5.41, 5.74) is 9.87. The molecule has 0 fully saturated rings. The first-order valence-corrected chi connectivity index (χ1v) is 15.0. The van der Waals surface area contributed by atoms with Crippen LogP contribution in [0.4, 0.5) is 0 Å². The van der Waals surface area contributed by atoms with Crippen LogP contribution in [-0.2, 0) is 42.0 Å². The first kappa shape index (κ1) is 30.5. The number of rotatable bonds is 14. The van der Waals surface area contributed by atoms with E-state index in [0.717, 1.165) is 35.1 Å². The molecule has 41 heavy (non-hydrogen) atoms.